The van der Waals surface area contributed by atoms with E-state index in [9.17, 15) is 13.2 Å². The van der Waals surface area contributed by atoms with Crippen molar-refractivity contribution in [2.45, 2.75) is 49.1 Å². The Morgan fingerprint density at radius 3 is 2.65 bits per heavy atom. The van der Waals surface area contributed by atoms with E-state index in [0.29, 0.717) is 5.25 Å². The van der Waals surface area contributed by atoms with Crippen molar-refractivity contribution >= 4 is 27.8 Å². The molecule has 0 spiro atoms. The fourth-order valence-electron chi connectivity index (χ4n) is 1.93. The van der Waals surface area contributed by atoms with Crippen LogP contribution in [0.25, 0.3) is 0 Å². The largest absolute Gasteiger partial charge is 0.480 e. The van der Waals surface area contributed by atoms with Gasteiger partial charge >= 0.3 is 5.97 Å². The quantitative estimate of drug-likeness (QED) is 0.787. The van der Waals surface area contributed by atoms with Crippen LogP contribution in [-0.2, 0) is 14.8 Å². The Bertz CT molecular complexity index is 369. The van der Waals surface area contributed by atoms with E-state index in [1.54, 1.807) is 11.8 Å². The number of aliphatic carboxylic acids is 1. The summed E-state index contributed by atoms with van der Waals surface area (Å²) in [5.41, 5.74) is 0. The molecule has 0 amide bonds. The molecular formula is C10H19NO4S2. The summed E-state index contributed by atoms with van der Waals surface area (Å²) in [5.74, 6) is -1.31. The fourth-order valence-corrected chi connectivity index (χ4v) is 3.91. The van der Waals surface area contributed by atoms with E-state index in [4.69, 9.17) is 5.11 Å². The summed E-state index contributed by atoms with van der Waals surface area (Å²) in [6.07, 6.45) is 5.69. The summed E-state index contributed by atoms with van der Waals surface area (Å²) in [5, 5.41) is 7.80. The summed E-state index contributed by atoms with van der Waals surface area (Å²) in [6.45, 7) is 1.19. The van der Waals surface area contributed by atoms with Crippen LogP contribution in [-0.4, -0.2) is 42.3 Å². The molecule has 7 heteroatoms. The molecule has 1 aliphatic rings. The van der Waals surface area contributed by atoms with Gasteiger partial charge in [-0.25, -0.2) is 13.1 Å². The number of thioether (sulfide) groups is 1. The topological polar surface area (TPSA) is 83.5 Å². The van der Waals surface area contributed by atoms with Crippen molar-refractivity contribution in [1.29, 1.82) is 0 Å². The standard InChI is InChI=1S/C10H19NO4S2/c1-7(10(12)13)17(14,15)11-8-4-3-5-9(6-8)16-2/h7-9,11H,3-6H2,1-2H3,(H,12,13). The lowest BCUT2D eigenvalue weighted by atomic mass is 9.96. The maximum atomic E-state index is 11.7. The second-order valence-corrected chi connectivity index (χ2v) is 7.54. The molecule has 1 aliphatic carbocycles. The minimum Gasteiger partial charge on any atom is -0.480 e. The Kier molecular flexibility index (Phi) is 5.27. The zero-order chi connectivity index (χ0) is 13.1. The number of carboxylic acid groups (broad SMARTS) is 1. The number of sulfonamides is 1. The third-order valence-corrected chi connectivity index (χ3v) is 5.99. The molecule has 3 atom stereocenters. The SMILES string of the molecule is CSC1CCCC(NS(=O)(=O)C(C)C(=O)O)C1. The molecule has 0 aromatic carbocycles. The molecule has 0 aliphatic heterocycles. The number of rotatable bonds is 5. The number of nitrogens with one attached hydrogen (secondary N) is 1. The molecule has 5 nitrogen and oxygen atoms in total. The lowest BCUT2D eigenvalue weighted by Gasteiger charge is -2.28. The minimum absolute atomic E-state index is 0.118. The van der Waals surface area contributed by atoms with Gasteiger partial charge < -0.3 is 5.11 Å². The van der Waals surface area contributed by atoms with Crippen molar-refractivity contribution < 1.29 is 18.3 Å². The first-order valence-electron chi connectivity index (χ1n) is 5.63. The van der Waals surface area contributed by atoms with Crippen molar-refractivity contribution in [3.63, 3.8) is 0 Å². The average molecular weight is 281 g/mol. The van der Waals surface area contributed by atoms with Crippen molar-refractivity contribution in [1.82, 2.24) is 4.72 Å². The molecular weight excluding hydrogens is 262 g/mol. The van der Waals surface area contributed by atoms with Crippen molar-refractivity contribution in [3.05, 3.63) is 0 Å². The second kappa shape index (κ2) is 6.06. The van der Waals surface area contributed by atoms with Crippen LogP contribution >= 0.6 is 11.8 Å². The summed E-state index contributed by atoms with van der Waals surface area (Å²) >= 11 is 1.74. The van der Waals surface area contributed by atoms with E-state index in [1.807, 2.05) is 6.26 Å². The first kappa shape index (κ1) is 14.8. The van der Waals surface area contributed by atoms with Crippen LogP contribution in [0.1, 0.15) is 32.6 Å². The summed E-state index contributed by atoms with van der Waals surface area (Å²) in [4.78, 5) is 10.7. The van der Waals surface area contributed by atoms with Gasteiger partial charge in [0.2, 0.25) is 10.0 Å². The van der Waals surface area contributed by atoms with Gasteiger partial charge in [-0.3, -0.25) is 4.79 Å². The Morgan fingerprint density at radius 2 is 2.12 bits per heavy atom. The molecule has 0 heterocycles. The molecule has 0 bridgehead atoms. The molecule has 1 rings (SSSR count). The number of carboxylic acids is 1. The lowest BCUT2D eigenvalue weighted by molar-refractivity contribution is -0.136. The number of hydrogen-bond donors (Lipinski definition) is 2. The third-order valence-electron chi connectivity index (χ3n) is 3.10. The van der Waals surface area contributed by atoms with E-state index in [-0.39, 0.29) is 6.04 Å². The summed E-state index contributed by atoms with van der Waals surface area (Å²) in [7, 11) is -3.75. The molecule has 0 saturated heterocycles. The Labute approximate surface area is 106 Å². The van der Waals surface area contributed by atoms with Crippen LogP contribution in [0.5, 0.6) is 0 Å². The summed E-state index contributed by atoms with van der Waals surface area (Å²) in [6, 6.07) is -0.118. The lowest BCUT2D eigenvalue weighted by Crippen LogP contribution is -2.45. The molecule has 17 heavy (non-hydrogen) atoms. The second-order valence-electron chi connectivity index (χ2n) is 4.36. The van der Waals surface area contributed by atoms with Gasteiger partial charge in [0.15, 0.2) is 5.25 Å². The summed E-state index contributed by atoms with van der Waals surface area (Å²) < 4.78 is 26.0. The highest BCUT2D eigenvalue weighted by Crippen LogP contribution is 2.27. The van der Waals surface area contributed by atoms with E-state index < -0.39 is 21.2 Å². The van der Waals surface area contributed by atoms with Crippen LogP contribution in [0.15, 0.2) is 0 Å². The minimum atomic E-state index is -3.75. The van der Waals surface area contributed by atoms with Gasteiger partial charge in [-0.1, -0.05) is 6.42 Å². The predicted molar refractivity (Wildman–Crippen MR) is 68.7 cm³/mol. The molecule has 100 valence electrons. The first-order valence-corrected chi connectivity index (χ1v) is 8.47. The molecule has 0 radical (unpaired) electrons. The monoisotopic (exact) mass is 281 g/mol. The maximum absolute atomic E-state index is 11.7. The van der Waals surface area contributed by atoms with Crippen LogP contribution in [0, 0.1) is 0 Å². The van der Waals surface area contributed by atoms with Crippen LogP contribution in [0.3, 0.4) is 0 Å². The Morgan fingerprint density at radius 1 is 1.47 bits per heavy atom. The van der Waals surface area contributed by atoms with Crippen LogP contribution < -0.4 is 4.72 Å². The van der Waals surface area contributed by atoms with Gasteiger partial charge in [-0.15, -0.1) is 0 Å². The van der Waals surface area contributed by atoms with Gasteiger partial charge in [0.1, 0.15) is 0 Å². The van der Waals surface area contributed by atoms with Gasteiger partial charge in [0.25, 0.3) is 0 Å². The van der Waals surface area contributed by atoms with E-state index in [0.717, 1.165) is 25.7 Å². The zero-order valence-corrected chi connectivity index (χ0v) is 11.7. The predicted octanol–water partition coefficient (Wildman–Crippen LogP) is 1.05. The van der Waals surface area contributed by atoms with Gasteiger partial charge in [0.05, 0.1) is 0 Å². The van der Waals surface area contributed by atoms with Gasteiger partial charge in [-0.2, -0.15) is 11.8 Å². The number of carbonyl (C=O) groups is 1. The molecule has 0 aromatic heterocycles. The highest BCUT2D eigenvalue weighted by Gasteiger charge is 2.31. The Hall–Kier alpha value is -0.270. The Balaban J connectivity index is 2.61. The third kappa shape index (κ3) is 4.15. The van der Waals surface area contributed by atoms with Crippen molar-refractivity contribution in [2.24, 2.45) is 0 Å². The first-order chi connectivity index (χ1) is 7.86. The zero-order valence-electron chi connectivity index (χ0n) is 10.0. The van der Waals surface area contributed by atoms with Gasteiger partial charge in [0, 0.05) is 11.3 Å². The van der Waals surface area contributed by atoms with Crippen molar-refractivity contribution in [2.75, 3.05) is 6.26 Å². The average Bonchev–Trinajstić information content (AvgIpc) is 2.27. The normalized spacial score (nSPS) is 27.6. The highest BCUT2D eigenvalue weighted by atomic mass is 32.2. The van der Waals surface area contributed by atoms with Crippen LogP contribution in [0.4, 0.5) is 0 Å². The highest BCUT2D eigenvalue weighted by molar-refractivity contribution is 7.99. The van der Waals surface area contributed by atoms with E-state index in [2.05, 4.69) is 4.72 Å². The van der Waals surface area contributed by atoms with Crippen LogP contribution in [0.2, 0.25) is 0 Å². The van der Waals surface area contributed by atoms with E-state index in [1.165, 1.54) is 6.92 Å². The molecule has 1 fully saturated rings. The van der Waals surface area contributed by atoms with Gasteiger partial charge in [-0.05, 0) is 32.4 Å². The maximum Gasteiger partial charge on any atom is 0.323 e. The molecule has 3 unspecified atom stereocenters. The molecule has 0 aromatic rings. The molecule has 1 saturated carbocycles. The number of hydrogen-bond acceptors (Lipinski definition) is 4. The molecule has 2 N–H and O–H groups in total. The smallest absolute Gasteiger partial charge is 0.323 e. The fraction of sp³-hybridized carbons (Fsp3) is 0.900. The van der Waals surface area contributed by atoms with E-state index >= 15 is 0 Å². The van der Waals surface area contributed by atoms with Crippen molar-refractivity contribution in [3.8, 4) is 0 Å².